The molecule has 0 aliphatic carbocycles. The van der Waals surface area contributed by atoms with Gasteiger partial charge in [-0.15, -0.1) is 0 Å². The van der Waals surface area contributed by atoms with Crippen LogP contribution in [0.5, 0.6) is 0 Å². The summed E-state index contributed by atoms with van der Waals surface area (Å²) in [7, 11) is 0. The van der Waals surface area contributed by atoms with Crippen molar-refractivity contribution >= 4 is 11.6 Å². The number of nitrogens with two attached hydrogens (primary N) is 1. The van der Waals surface area contributed by atoms with Crippen molar-refractivity contribution in [1.29, 1.82) is 0 Å². The van der Waals surface area contributed by atoms with E-state index >= 15 is 0 Å². The molecule has 0 fully saturated rings. The van der Waals surface area contributed by atoms with E-state index in [0.717, 1.165) is 0 Å². The van der Waals surface area contributed by atoms with Crippen LogP contribution in [0.2, 0.25) is 0 Å². The first-order valence-corrected chi connectivity index (χ1v) is 7.09. The number of ether oxygens (including phenoxy) is 2. The first-order valence-electron chi connectivity index (χ1n) is 7.09. The second kappa shape index (κ2) is 10.1. The number of hydrogen-bond acceptors (Lipinski definition) is 6. The molecular weight excluding hydrogens is 272 g/mol. The summed E-state index contributed by atoms with van der Waals surface area (Å²) in [4.78, 5) is 18.2. The highest BCUT2D eigenvalue weighted by Gasteiger charge is 2.18. The summed E-state index contributed by atoms with van der Waals surface area (Å²) in [5.41, 5.74) is 3.48. The van der Waals surface area contributed by atoms with Gasteiger partial charge in [0.05, 0.1) is 30.7 Å². The van der Waals surface area contributed by atoms with Crippen LogP contribution in [0.15, 0.2) is 18.5 Å². The fraction of sp³-hybridized carbons (Fsp3) is 0.571. The van der Waals surface area contributed by atoms with Gasteiger partial charge < -0.3 is 19.8 Å². The highest BCUT2D eigenvalue weighted by atomic mass is 16.5. The first-order chi connectivity index (χ1) is 10.2. The second-order valence-corrected chi connectivity index (χ2v) is 4.25. The number of nitrogen functional groups attached to an aromatic ring is 1. The van der Waals surface area contributed by atoms with E-state index in [2.05, 4.69) is 10.4 Å². The molecule has 0 aliphatic heterocycles. The standard InChI is InChI=1S/C14H24N4O3/c1-3-20-9-7-18(8-10-21-4-2)14(19)12-5-6-16-11-13(12)17-15/h5-6,11,17H,3-4,7-10,15H2,1-2H3. The molecule has 0 spiro atoms. The summed E-state index contributed by atoms with van der Waals surface area (Å²) in [6.07, 6.45) is 3.09. The number of anilines is 1. The maximum Gasteiger partial charge on any atom is 0.256 e. The summed E-state index contributed by atoms with van der Waals surface area (Å²) in [6, 6.07) is 1.64. The fourth-order valence-electron chi connectivity index (χ4n) is 1.82. The number of amides is 1. The first kappa shape index (κ1) is 17.4. The Labute approximate surface area is 125 Å². The van der Waals surface area contributed by atoms with Gasteiger partial charge in [0, 0.05) is 32.5 Å². The molecule has 7 nitrogen and oxygen atoms in total. The van der Waals surface area contributed by atoms with Crippen LogP contribution in [0.3, 0.4) is 0 Å². The zero-order chi connectivity index (χ0) is 15.5. The van der Waals surface area contributed by atoms with Crippen molar-refractivity contribution in [1.82, 2.24) is 9.88 Å². The van der Waals surface area contributed by atoms with Gasteiger partial charge in [-0.05, 0) is 19.9 Å². The van der Waals surface area contributed by atoms with Crippen molar-refractivity contribution < 1.29 is 14.3 Å². The van der Waals surface area contributed by atoms with Crippen LogP contribution in [0.1, 0.15) is 24.2 Å². The molecule has 0 bridgehead atoms. The predicted octanol–water partition coefficient (Wildman–Crippen LogP) is 0.882. The van der Waals surface area contributed by atoms with Crippen molar-refractivity contribution in [2.24, 2.45) is 5.84 Å². The van der Waals surface area contributed by atoms with E-state index in [1.54, 1.807) is 17.2 Å². The Kier molecular flexibility index (Phi) is 8.34. The minimum atomic E-state index is -0.121. The third kappa shape index (κ3) is 5.66. The Morgan fingerprint density at radius 2 is 1.90 bits per heavy atom. The van der Waals surface area contributed by atoms with Gasteiger partial charge in [0.15, 0.2) is 0 Å². The maximum atomic E-state index is 12.6. The Morgan fingerprint density at radius 3 is 2.43 bits per heavy atom. The zero-order valence-electron chi connectivity index (χ0n) is 12.7. The molecule has 7 heteroatoms. The second-order valence-electron chi connectivity index (χ2n) is 4.25. The van der Waals surface area contributed by atoms with Gasteiger partial charge in [-0.2, -0.15) is 0 Å². The van der Waals surface area contributed by atoms with Crippen LogP contribution >= 0.6 is 0 Å². The third-order valence-electron chi connectivity index (χ3n) is 2.91. The number of nitrogens with one attached hydrogen (secondary N) is 1. The molecule has 0 aliphatic rings. The Balaban J connectivity index is 2.76. The summed E-state index contributed by atoms with van der Waals surface area (Å²) >= 11 is 0. The van der Waals surface area contributed by atoms with Gasteiger partial charge in [0.1, 0.15) is 0 Å². The van der Waals surface area contributed by atoms with E-state index < -0.39 is 0 Å². The van der Waals surface area contributed by atoms with Crippen LogP contribution in [0, 0.1) is 0 Å². The molecular formula is C14H24N4O3. The normalized spacial score (nSPS) is 10.4. The average Bonchev–Trinajstić information content (AvgIpc) is 2.53. The van der Waals surface area contributed by atoms with E-state index in [1.165, 1.54) is 6.20 Å². The van der Waals surface area contributed by atoms with Crippen molar-refractivity contribution in [3.63, 3.8) is 0 Å². The quantitative estimate of drug-likeness (QED) is 0.378. The SMILES string of the molecule is CCOCCN(CCOCC)C(=O)c1ccncc1NN. The van der Waals surface area contributed by atoms with E-state index in [-0.39, 0.29) is 5.91 Å². The summed E-state index contributed by atoms with van der Waals surface area (Å²) < 4.78 is 10.7. The number of hydrazine groups is 1. The van der Waals surface area contributed by atoms with E-state index in [4.69, 9.17) is 15.3 Å². The lowest BCUT2D eigenvalue weighted by Crippen LogP contribution is -2.37. The van der Waals surface area contributed by atoms with Gasteiger partial charge >= 0.3 is 0 Å². The molecule has 0 unspecified atom stereocenters. The van der Waals surface area contributed by atoms with Gasteiger partial charge in [0.25, 0.3) is 5.91 Å². The van der Waals surface area contributed by atoms with Crippen LogP contribution in [-0.2, 0) is 9.47 Å². The van der Waals surface area contributed by atoms with Gasteiger partial charge in [-0.25, -0.2) is 0 Å². The maximum absolute atomic E-state index is 12.6. The number of aromatic nitrogens is 1. The monoisotopic (exact) mass is 296 g/mol. The van der Waals surface area contributed by atoms with Gasteiger partial charge in [-0.3, -0.25) is 15.6 Å². The molecule has 0 atom stereocenters. The Bertz CT molecular complexity index is 418. The van der Waals surface area contributed by atoms with Crippen molar-refractivity contribution in [2.45, 2.75) is 13.8 Å². The van der Waals surface area contributed by atoms with E-state index in [1.807, 2.05) is 13.8 Å². The van der Waals surface area contributed by atoms with Crippen molar-refractivity contribution in [2.75, 3.05) is 44.9 Å². The van der Waals surface area contributed by atoms with Crippen LogP contribution in [0.4, 0.5) is 5.69 Å². The molecule has 0 radical (unpaired) electrons. The molecule has 1 aromatic heterocycles. The van der Waals surface area contributed by atoms with Crippen molar-refractivity contribution in [3.8, 4) is 0 Å². The Hall–Kier alpha value is -1.70. The summed E-state index contributed by atoms with van der Waals surface area (Å²) in [6.45, 7) is 7.09. The number of nitrogens with zero attached hydrogens (tertiary/aromatic N) is 2. The lowest BCUT2D eigenvalue weighted by Gasteiger charge is -2.23. The Morgan fingerprint density at radius 1 is 1.29 bits per heavy atom. The zero-order valence-corrected chi connectivity index (χ0v) is 12.7. The van der Waals surface area contributed by atoms with E-state index in [0.29, 0.717) is 50.8 Å². The smallest absolute Gasteiger partial charge is 0.256 e. The highest BCUT2D eigenvalue weighted by molar-refractivity contribution is 5.99. The van der Waals surface area contributed by atoms with E-state index in [9.17, 15) is 4.79 Å². The summed E-state index contributed by atoms with van der Waals surface area (Å²) in [5, 5.41) is 0. The highest BCUT2D eigenvalue weighted by Crippen LogP contribution is 2.14. The molecule has 0 saturated carbocycles. The number of hydrogen-bond donors (Lipinski definition) is 2. The largest absolute Gasteiger partial charge is 0.380 e. The molecule has 118 valence electrons. The summed E-state index contributed by atoms with van der Waals surface area (Å²) in [5.74, 6) is 5.30. The van der Waals surface area contributed by atoms with Crippen molar-refractivity contribution in [3.05, 3.63) is 24.0 Å². The topological polar surface area (TPSA) is 89.7 Å². The number of pyridine rings is 1. The molecule has 1 heterocycles. The number of carbonyl (C=O) groups is 1. The van der Waals surface area contributed by atoms with Gasteiger partial charge in [0.2, 0.25) is 0 Å². The number of rotatable bonds is 10. The predicted molar refractivity (Wildman–Crippen MR) is 80.9 cm³/mol. The molecule has 1 amide bonds. The molecule has 0 aromatic carbocycles. The van der Waals surface area contributed by atoms with Crippen LogP contribution in [-0.4, -0.2) is 55.3 Å². The molecule has 21 heavy (non-hydrogen) atoms. The lowest BCUT2D eigenvalue weighted by atomic mass is 10.2. The number of carbonyl (C=O) groups excluding carboxylic acids is 1. The third-order valence-corrected chi connectivity index (χ3v) is 2.91. The molecule has 1 aromatic rings. The van der Waals surface area contributed by atoms with Gasteiger partial charge in [-0.1, -0.05) is 0 Å². The van der Waals surface area contributed by atoms with Crippen LogP contribution < -0.4 is 11.3 Å². The molecule has 0 saturated heterocycles. The average molecular weight is 296 g/mol. The van der Waals surface area contributed by atoms with Crippen LogP contribution in [0.25, 0.3) is 0 Å². The minimum absolute atomic E-state index is 0.121. The fourth-order valence-corrected chi connectivity index (χ4v) is 1.82. The lowest BCUT2D eigenvalue weighted by molar-refractivity contribution is 0.0550. The minimum Gasteiger partial charge on any atom is -0.380 e. The molecule has 1 rings (SSSR count). The molecule has 3 N–H and O–H groups in total.